The summed E-state index contributed by atoms with van der Waals surface area (Å²) < 4.78 is 0. The van der Waals surface area contributed by atoms with Crippen LogP contribution in [0.15, 0.2) is 60.8 Å². The average molecular weight is 447 g/mol. The second-order valence-electron chi connectivity index (χ2n) is 7.96. The first-order chi connectivity index (χ1) is 15.6. The van der Waals surface area contributed by atoms with E-state index in [2.05, 4.69) is 50.7 Å². The van der Waals surface area contributed by atoms with Crippen LogP contribution in [0.2, 0.25) is 5.02 Å². The molecule has 7 heteroatoms. The number of anilines is 2. The van der Waals surface area contributed by atoms with Gasteiger partial charge >= 0.3 is 0 Å². The number of benzene rings is 3. The molecule has 3 aromatic carbocycles. The van der Waals surface area contributed by atoms with Crippen LogP contribution in [0.5, 0.6) is 5.75 Å². The number of carbonyl (C=O) groups excluding carboxylic acids is 1. The Kier molecular flexibility index (Phi) is 5.45. The van der Waals surface area contributed by atoms with Crippen molar-refractivity contribution in [3.63, 3.8) is 0 Å². The number of H-pyrrole nitrogens is 1. The van der Waals surface area contributed by atoms with Gasteiger partial charge in [0.25, 0.3) is 5.91 Å². The summed E-state index contributed by atoms with van der Waals surface area (Å²) in [6, 6.07) is 17.9. The van der Waals surface area contributed by atoms with Crippen molar-refractivity contribution in [3.8, 4) is 5.75 Å². The Morgan fingerprint density at radius 3 is 2.78 bits per heavy atom. The number of carbonyl (C=O) groups is 1. The molecule has 0 unspecified atom stereocenters. The zero-order valence-corrected chi connectivity index (χ0v) is 18.2. The Labute approximate surface area is 190 Å². The zero-order chi connectivity index (χ0) is 22.1. The number of aromatic amines is 1. The second-order valence-corrected chi connectivity index (χ2v) is 8.40. The highest BCUT2D eigenvalue weighted by molar-refractivity contribution is 6.30. The second kappa shape index (κ2) is 8.55. The van der Waals surface area contributed by atoms with Crippen LogP contribution in [0.1, 0.15) is 27.9 Å². The van der Waals surface area contributed by atoms with Gasteiger partial charge in [-0.15, -0.1) is 0 Å². The highest BCUT2D eigenvalue weighted by Crippen LogP contribution is 2.37. The molecule has 1 amide bonds. The van der Waals surface area contributed by atoms with Gasteiger partial charge in [-0.25, -0.2) is 0 Å². The quantitative estimate of drug-likeness (QED) is 0.378. The van der Waals surface area contributed by atoms with Crippen LogP contribution < -0.4 is 10.2 Å². The van der Waals surface area contributed by atoms with Gasteiger partial charge in [-0.1, -0.05) is 41.9 Å². The molecule has 6 nitrogen and oxygen atoms in total. The molecule has 2 heterocycles. The Hall–Kier alpha value is -3.51. The molecule has 4 aromatic rings. The van der Waals surface area contributed by atoms with E-state index in [1.54, 1.807) is 18.3 Å². The predicted molar refractivity (Wildman–Crippen MR) is 127 cm³/mol. The maximum atomic E-state index is 12.6. The Balaban J connectivity index is 1.31. The number of para-hydroxylation sites is 1. The summed E-state index contributed by atoms with van der Waals surface area (Å²) in [5.41, 5.74) is 5.58. The van der Waals surface area contributed by atoms with E-state index in [-0.39, 0.29) is 17.2 Å². The van der Waals surface area contributed by atoms with Gasteiger partial charge in [0.15, 0.2) is 5.75 Å². The lowest BCUT2D eigenvalue weighted by atomic mass is 10.0. The fourth-order valence-electron chi connectivity index (χ4n) is 4.34. The number of nitrogens with zero attached hydrogens (tertiary/aromatic N) is 2. The van der Waals surface area contributed by atoms with E-state index in [0.717, 1.165) is 36.9 Å². The monoisotopic (exact) mass is 446 g/mol. The summed E-state index contributed by atoms with van der Waals surface area (Å²) in [6.45, 7) is 1.21. The first kappa shape index (κ1) is 20.4. The van der Waals surface area contributed by atoms with Crippen LogP contribution in [0.25, 0.3) is 10.9 Å². The third kappa shape index (κ3) is 3.78. The standard InChI is InChI=1S/C25H23ClN4O2/c26-19-10-8-17-7-6-16-4-1-2-5-21(16)30(22(17)14-19)13-3-12-27-25(32)20-11-9-18-15-28-29-23(18)24(20)31/h1-2,4-5,8-11,14-15,31H,3,6-7,12-13H2,(H,27,32)(H,28,29). The van der Waals surface area contributed by atoms with Crippen LogP contribution in [0, 0.1) is 0 Å². The highest BCUT2D eigenvalue weighted by Gasteiger charge is 2.21. The number of rotatable bonds is 5. The van der Waals surface area contributed by atoms with Gasteiger partial charge in [-0.3, -0.25) is 9.89 Å². The largest absolute Gasteiger partial charge is 0.505 e. The zero-order valence-electron chi connectivity index (χ0n) is 17.4. The molecule has 0 radical (unpaired) electrons. The van der Waals surface area contributed by atoms with Crippen molar-refractivity contribution in [1.82, 2.24) is 15.5 Å². The van der Waals surface area contributed by atoms with E-state index in [1.807, 2.05) is 12.1 Å². The predicted octanol–water partition coefficient (Wildman–Crippen LogP) is 4.98. The maximum Gasteiger partial charge on any atom is 0.255 e. The molecule has 0 atom stereocenters. The molecule has 0 bridgehead atoms. The van der Waals surface area contributed by atoms with Crippen LogP contribution in [-0.4, -0.2) is 34.3 Å². The molecule has 1 aromatic heterocycles. The van der Waals surface area contributed by atoms with Crippen molar-refractivity contribution < 1.29 is 9.90 Å². The number of phenolic OH excluding ortho intramolecular Hbond substituents is 1. The van der Waals surface area contributed by atoms with Crippen LogP contribution in [-0.2, 0) is 12.8 Å². The van der Waals surface area contributed by atoms with Crippen LogP contribution in [0.3, 0.4) is 0 Å². The van der Waals surface area contributed by atoms with Gasteiger partial charge in [-0.05, 0) is 54.7 Å². The number of hydrogen-bond donors (Lipinski definition) is 3. The normalized spacial score (nSPS) is 12.8. The number of aromatic nitrogens is 2. The molecule has 1 aliphatic heterocycles. The number of nitrogens with one attached hydrogen (secondary N) is 2. The van der Waals surface area contributed by atoms with Gasteiger partial charge in [0.2, 0.25) is 0 Å². The Morgan fingerprint density at radius 2 is 1.91 bits per heavy atom. The molecule has 1 aliphatic rings. The summed E-state index contributed by atoms with van der Waals surface area (Å²) in [6.07, 6.45) is 4.29. The van der Waals surface area contributed by atoms with Gasteiger partial charge < -0.3 is 15.3 Å². The molecular formula is C25H23ClN4O2. The topological polar surface area (TPSA) is 81.2 Å². The molecule has 5 rings (SSSR count). The lowest BCUT2D eigenvalue weighted by Crippen LogP contribution is -2.28. The number of fused-ring (bicyclic) bond motifs is 3. The van der Waals surface area contributed by atoms with Crippen molar-refractivity contribution in [2.24, 2.45) is 0 Å². The summed E-state index contributed by atoms with van der Waals surface area (Å²) in [4.78, 5) is 14.9. The van der Waals surface area contributed by atoms with Crippen molar-refractivity contribution in [1.29, 1.82) is 0 Å². The molecule has 0 saturated heterocycles. The third-order valence-corrected chi connectivity index (χ3v) is 6.20. The van der Waals surface area contributed by atoms with Crippen LogP contribution >= 0.6 is 11.6 Å². The maximum absolute atomic E-state index is 12.6. The third-order valence-electron chi connectivity index (χ3n) is 5.96. The molecule has 3 N–H and O–H groups in total. The number of aryl methyl sites for hydroxylation is 2. The summed E-state index contributed by atoms with van der Waals surface area (Å²) in [5.74, 6) is -0.388. The number of halogens is 1. The molecule has 32 heavy (non-hydrogen) atoms. The molecule has 0 saturated carbocycles. The summed E-state index contributed by atoms with van der Waals surface area (Å²) >= 11 is 6.33. The highest BCUT2D eigenvalue weighted by atomic mass is 35.5. The number of phenols is 1. The van der Waals surface area contributed by atoms with E-state index < -0.39 is 0 Å². The number of aromatic hydroxyl groups is 1. The van der Waals surface area contributed by atoms with Crippen LogP contribution in [0.4, 0.5) is 11.4 Å². The lowest BCUT2D eigenvalue weighted by Gasteiger charge is -2.27. The van der Waals surface area contributed by atoms with Gasteiger partial charge in [0.05, 0.1) is 11.8 Å². The average Bonchev–Trinajstić information content (AvgIpc) is 3.23. The molecule has 0 fully saturated rings. The summed E-state index contributed by atoms with van der Waals surface area (Å²) in [5, 5.41) is 21.4. The summed E-state index contributed by atoms with van der Waals surface area (Å²) in [7, 11) is 0. The molecule has 162 valence electrons. The molecular weight excluding hydrogens is 424 g/mol. The Morgan fingerprint density at radius 1 is 1.09 bits per heavy atom. The van der Waals surface area contributed by atoms with E-state index in [0.29, 0.717) is 17.1 Å². The minimum Gasteiger partial charge on any atom is -0.505 e. The van der Waals surface area contributed by atoms with E-state index >= 15 is 0 Å². The van der Waals surface area contributed by atoms with Crippen molar-refractivity contribution in [2.75, 3.05) is 18.0 Å². The van der Waals surface area contributed by atoms with Gasteiger partial charge in [0.1, 0.15) is 5.52 Å². The minimum absolute atomic E-state index is 0.0810. The van der Waals surface area contributed by atoms with Crippen molar-refractivity contribution in [3.05, 3.63) is 82.5 Å². The van der Waals surface area contributed by atoms with Gasteiger partial charge in [-0.2, -0.15) is 5.10 Å². The van der Waals surface area contributed by atoms with E-state index in [1.165, 1.54) is 16.8 Å². The first-order valence-corrected chi connectivity index (χ1v) is 11.1. The minimum atomic E-state index is -0.307. The van der Waals surface area contributed by atoms with E-state index in [4.69, 9.17) is 11.6 Å². The molecule has 0 aliphatic carbocycles. The van der Waals surface area contributed by atoms with E-state index in [9.17, 15) is 9.90 Å². The van der Waals surface area contributed by atoms with Crippen molar-refractivity contribution in [2.45, 2.75) is 19.3 Å². The van der Waals surface area contributed by atoms with Gasteiger partial charge in [0, 0.05) is 34.9 Å². The Bertz CT molecular complexity index is 1300. The number of amides is 1. The van der Waals surface area contributed by atoms with Crippen molar-refractivity contribution >= 4 is 39.8 Å². The first-order valence-electron chi connectivity index (χ1n) is 10.7. The fourth-order valence-corrected chi connectivity index (χ4v) is 4.51. The SMILES string of the molecule is O=C(NCCCN1c2ccccc2CCc2ccc(Cl)cc21)c1ccc2cn[nH]c2c1O. The lowest BCUT2D eigenvalue weighted by molar-refractivity contribution is 0.0951. The smallest absolute Gasteiger partial charge is 0.255 e. The molecule has 0 spiro atoms. The number of hydrogen-bond acceptors (Lipinski definition) is 4. The fraction of sp³-hybridized carbons (Fsp3) is 0.200.